The van der Waals surface area contributed by atoms with Crippen LogP contribution < -0.4 is 9.62 Å². The first-order valence-electron chi connectivity index (χ1n) is 12.5. The number of hydrogen-bond donors (Lipinski definition) is 1. The van der Waals surface area contributed by atoms with Gasteiger partial charge in [0.05, 0.1) is 11.9 Å². The van der Waals surface area contributed by atoms with E-state index in [1.807, 2.05) is 68.4 Å². The van der Waals surface area contributed by atoms with Gasteiger partial charge in [0.1, 0.15) is 18.4 Å². The zero-order chi connectivity index (χ0) is 27.7. The van der Waals surface area contributed by atoms with Crippen molar-refractivity contribution in [3.05, 3.63) is 101 Å². The van der Waals surface area contributed by atoms with Gasteiger partial charge in [-0.1, -0.05) is 67.6 Å². The van der Waals surface area contributed by atoms with Crippen LogP contribution in [0.2, 0.25) is 0 Å². The first-order valence-corrected chi connectivity index (χ1v) is 14.3. The number of carbonyl (C=O) groups excluding carboxylic acids is 2. The van der Waals surface area contributed by atoms with Gasteiger partial charge in [-0.15, -0.1) is 0 Å². The lowest BCUT2D eigenvalue weighted by Crippen LogP contribution is -2.53. The van der Waals surface area contributed by atoms with Gasteiger partial charge >= 0.3 is 0 Å². The zero-order valence-corrected chi connectivity index (χ0v) is 22.7. The summed E-state index contributed by atoms with van der Waals surface area (Å²) < 4.78 is 40.2. The average Bonchev–Trinajstić information content (AvgIpc) is 2.88. The number of benzene rings is 3. The van der Waals surface area contributed by atoms with Crippen molar-refractivity contribution >= 4 is 27.5 Å². The van der Waals surface area contributed by atoms with Crippen molar-refractivity contribution in [3.8, 4) is 0 Å². The molecule has 0 bridgehead atoms. The summed E-state index contributed by atoms with van der Waals surface area (Å²) in [6.07, 6.45) is 1.93. The van der Waals surface area contributed by atoms with Crippen LogP contribution in [0.25, 0.3) is 0 Å². The predicted octanol–water partition coefficient (Wildman–Crippen LogP) is 4.07. The van der Waals surface area contributed by atoms with Crippen LogP contribution in [0.15, 0.2) is 78.9 Å². The summed E-state index contributed by atoms with van der Waals surface area (Å²) in [6.45, 7) is 3.81. The number of sulfonamides is 1. The van der Waals surface area contributed by atoms with Crippen molar-refractivity contribution in [1.82, 2.24) is 10.2 Å². The summed E-state index contributed by atoms with van der Waals surface area (Å²) in [5.74, 6) is -1.52. The van der Waals surface area contributed by atoms with Crippen LogP contribution in [-0.2, 0) is 32.6 Å². The molecule has 3 rings (SSSR count). The van der Waals surface area contributed by atoms with Crippen LogP contribution in [0, 0.1) is 12.7 Å². The van der Waals surface area contributed by atoms with Crippen LogP contribution >= 0.6 is 0 Å². The molecule has 9 heteroatoms. The molecule has 2 amide bonds. The van der Waals surface area contributed by atoms with Crippen molar-refractivity contribution in [3.63, 3.8) is 0 Å². The molecule has 0 saturated heterocycles. The minimum atomic E-state index is -3.94. The molecule has 0 saturated carbocycles. The van der Waals surface area contributed by atoms with Crippen LogP contribution in [0.1, 0.15) is 30.0 Å². The van der Waals surface area contributed by atoms with Crippen LogP contribution in [0.3, 0.4) is 0 Å². The summed E-state index contributed by atoms with van der Waals surface area (Å²) >= 11 is 0. The quantitative estimate of drug-likeness (QED) is 0.376. The fraction of sp³-hybridized carbons (Fsp3) is 0.310. The second kappa shape index (κ2) is 13.2. The average molecular weight is 540 g/mol. The third kappa shape index (κ3) is 7.89. The summed E-state index contributed by atoms with van der Waals surface area (Å²) in [4.78, 5) is 28.8. The first-order chi connectivity index (χ1) is 18.1. The minimum absolute atomic E-state index is 0.0340. The van der Waals surface area contributed by atoms with E-state index in [0.717, 1.165) is 39.7 Å². The number of nitrogens with zero attached hydrogens (tertiary/aromatic N) is 2. The number of hydrogen-bond acceptors (Lipinski definition) is 4. The lowest BCUT2D eigenvalue weighted by molar-refractivity contribution is -0.140. The Labute approximate surface area is 224 Å². The smallest absolute Gasteiger partial charge is 0.244 e. The molecule has 0 fully saturated rings. The Bertz CT molecular complexity index is 1350. The molecular weight excluding hydrogens is 505 g/mol. The van der Waals surface area contributed by atoms with E-state index in [9.17, 15) is 22.4 Å². The third-order valence-corrected chi connectivity index (χ3v) is 7.34. The first kappa shape index (κ1) is 28.8. The van der Waals surface area contributed by atoms with Crippen molar-refractivity contribution < 1.29 is 22.4 Å². The predicted molar refractivity (Wildman–Crippen MR) is 148 cm³/mol. The number of rotatable bonds is 12. The van der Waals surface area contributed by atoms with E-state index < -0.39 is 34.3 Å². The van der Waals surface area contributed by atoms with Gasteiger partial charge in [-0.25, -0.2) is 12.8 Å². The molecule has 38 heavy (non-hydrogen) atoms. The van der Waals surface area contributed by atoms with Crippen molar-refractivity contribution in [2.24, 2.45) is 0 Å². The van der Waals surface area contributed by atoms with E-state index in [1.54, 1.807) is 0 Å². The fourth-order valence-corrected chi connectivity index (χ4v) is 4.98. The molecule has 202 valence electrons. The molecule has 3 aromatic carbocycles. The minimum Gasteiger partial charge on any atom is -0.354 e. The fourth-order valence-electron chi connectivity index (χ4n) is 4.14. The lowest BCUT2D eigenvalue weighted by Gasteiger charge is -2.33. The van der Waals surface area contributed by atoms with Gasteiger partial charge < -0.3 is 10.2 Å². The van der Waals surface area contributed by atoms with E-state index in [2.05, 4.69) is 5.32 Å². The number of halogens is 1. The SMILES string of the molecule is CCCNC(=O)[C@H](Cc1ccccc1)N(Cc1ccccc1C)C(=O)CN(c1cccc(F)c1)S(C)(=O)=O. The van der Waals surface area contributed by atoms with Crippen LogP contribution in [-0.4, -0.2) is 50.5 Å². The van der Waals surface area contributed by atoms with Crippen molar-refractivity contribution in [1.29, 1.82) is 0 Å². The van der Waals surface area contributed by atoms with Crippen molar-refractivity contribution in [2.75, 3.05) is 23.7 Å². The highest BCUT2D eigenvalue weighted by Crippen LogP contribution is 2.22. The number of amides is 2. The van der Waals surface area contributed by atoms with E-state index in [-0.39, 0.29) is 24.6 Å². The molecule has 7 nitrogen and oxygen atoms in total. The molecule has 0 aliphatic rings. The lowest BCUT2D eigenvalue weighted by atomic mass is 10.0. The molecule has 0 unspecified atom stereocenters. The largest absolute Gasteiger partial charge is 0.354 e. The second-order valence-electron chi connectivity index (χ2n) is 9.19. The molecule has 3 aromatic rings. The van der Waals surface area contributed by atoms with E-state index in [0.29, 0.717) is 6.54 Å². The Hall–Kier alpha value is -3.72. The standard InChI is InChI=1S/C29H34FN3O4S/c1-4-17-31-29(35)27(18-23-12-6-5-7-13-23)32(20-24-14-9-8-11-22(24)2)28(34)21-33(38(3,36)37)26-16-10-15-25(30)19-26/h5-16,19,27H,4,17-18,20-21H2,1-3H3,(H,31,35)/t27-/m0/s1. The number of anilines is 1. The maximum absolute atomic E-state index is 14.0. The Morgan fingerprint density at radius 2 is 1.66 bits per heavy atom. The molecule has 0 heterocycles. The van der Waals surface area contributed by atoms with E-state index in [4.69, 9.17) is 0 Å². The maximum atomic E-state index is 14.0. The molecule has 0 aromatic heterocycles. The summed E-state index contributed by atoms with van der Waals surface area (Å²) in [5.41, 5.74) is 2.66. The molecule has 0 aliphatic heterocycles. The van der Waals surface area contributed by atoms with Gasteiger partial charge in [0.2, 0.25) is 21.8 Å². The van der Waals surface area contributed by atoms with Gasteiger partial charge in [0.15, 0.2) is 0 Å². The maximum Gasteiger partial charge on any atom is 0.244 e. The van der Waals surface area contributed by atoms with Gasteiger partial charge in [-0.2, -0.15) is 0 Å². The zero-order valence-electron chi connectivity index (χ0n) is 21.9. The Kier molecular flexibility index (Phi) is 10.0. The summed E-state index contributed by atoms with van der Waals surface area (Å²) in [6, 6.07) is 21.1. The number of aryl methyl sites for hydroxylation is 1. The third-order valence-electron chi connectivity index (χ3n) is 6.20. The normalized spacial score (nSPS) is 12.0. The number of nitrogens with one attached hydrogen (secondary N) is 1. The van der Waals surface area contributed by atoms with Gasteiger partial charge in [-0.3, -0.25) is 13.9 Å². The van der Waals surface area contributed by atoms with Gasteiger partial charge in [0, 0.05) is 19.5 Å². The van der Waals surface area contributed by atoms with Crippen LogP contribution in [0.4, 0.5) is 10.1 Å². The molecule has 1 atom stereocenters. The highest BCUT2D eigenvalue weighted by atomic mass is 32.2. The monoisotopic (exact) mass is 539 g/mol. The Morgan fingerprint density at radius 3 is 2.29 bits per heavy atom. The van der Waals surface area contributed by atoms with Crippen molar-refractivity contribution in [2.45, 2.75) is 39.3 Å². The molecule has 0 aliphatic carbocycles. The topological polar surface area (TPSA) is 86.8 Å². The second-order valence-corrected chi connectivity index (χ2v) is 11.1. The highest BCUT2D eigenvalue weighted by Gasteiger charge is 2.33. The van der Waals surface area contributed by atoms with E-state index >= 15 is 0 Å². The van der Waals surface area contributed by atoms with Gasteiger partial charge in [-0.05, 0) is 48.2 Å². The van der Waals surface area contributed by atoms with E-state index in [1.165, 1.54) is 23.1 Å². The molecule has 0 radical (unpaired) electrons. The van der Waals surface area contributed by atoms with Gasteiger partial charge in [0.25, 0.3) is 0 Å². The molecular formula is C29H34FN3O4S. The Balaban J connectivity index is 2.05. The molecule has 0 spiro atoms. The van der Waals surface area contributed by atoms with Crippen LogP contribution in [0.5, 0.6) is 0 Å². The Morgan fingerprint density at radius 1 is 0.974 bits per heavy atom. The summed E-state index contributed by atoms with van der Waals surface area (Å²) in [7, 11) is -3.94. The highest BCUT2D eigenvalue weighted by molar-refractivity contribution is 7.92. The number of carbonyl (C=O) groups is 2. The summed E-state index contributed by atoms with van der Waals surface area (Å²) in [5, 5.41) is 2.90. The molecule has 1 N–H and O–H groups in total.